The van der Waals surface area contributed by atoms with E-state index in [4.69, 9.17) is 0 Å². The van der Waals surface area contributed by atoms with Crippen molar-refractivity contribution in [3.63, 3.8) is 0 Å². The van der Waals surface area contributed by atoms with Gasteiger partial charge in [0.2, 0.25) is 0 Å². The van der Waals surface area contributed by atoms with Gasteiger partial charge in [0.05, 0.1) is 0 Å². The molecule has 1 aliphatic heterocycles. The predicted molar refractivity (Wildman–Crippen MR) is 47.5 cm³/mol. The lowest BCUT2D eigenvalue weighted by molar-refractivity contribution is 0.452. The Labute approximate surface area is 66.1 Å². The summed E-state index contributed by atoms with van der Waals surface area (Å²) in [6, 6.07) is 0. The first-order valence-corrected chi connectivity index (χ1v) is 6.80. The van der Waals surface area contributed by atoms with Crippen LogP contribution in [-0.4, -0.2) is 26.6 Å². The molecule has 1 aliphatic rings. The largest absolute Gasteiger partial charge is 0.325 e. The van der Waals surface area contributed by atoms with Gasteiger partial charge in [-0.2, -0.15) is 0 Å². The molecule has 0 atom stereocenters. The Morgan fingerprint density at radius 1 is 0.900 bits per heavy atom. The van der Waals surface area contributed by atoms with Gasteiger partial charge in [-0.05, 0) is 25.9 Å². The van der Waals surface area contributed by atoms with Gasteiger partial charge in [0.25, 0.3) is 0 Å². The van der Waals surface area contributed by atoms with Crippen LogP contribution >= 0.6 is 0 Å². The number of nitrogens with zero attached hydrogens (tertiary/aromatic N) is 1. The van der Waals surface area contributed by atoms with Gasteiger partial charge >= 0.3 is 0 Å². The number of hydrogen-bond acceptors (Lipinski definition) is 1. The monoisotopic (exact) mass is 156 g/mol. The maximum Gasteiger partial charge on any atom is 0.129 e. The van der Waals surface area contributed by atoms with Crippen LogP contribution in [0.2, 0.25) is 13.1 Å². The molecule has 0 aromatic heterocycles. The Kier molecular flexibility index (Phi) is 3.42. The van der Waals surface area contributed by atoms with E-state index in [1.165, 1.54) is 38.8 Å². The van der Waals surface area contributed by atoms with Gasteiger partial charge in [-0.3, -0.25) is 0 Å². The van der Waals surface area contributed by atoms with Crippen LogP contribution in [0.25, 0.3) is 0 Å². The highest BCUT2D eigenvalue weighted by atomic mass is 28.3. The third kappa shape index (κ3) is 2.43. The smallest absolute Gasteiger partial charge is 0.129 e. The Hall–Kier alpha value is 0.177. The first-order chi connectivity index (χ1) is 4.80. The Bertz CT molecular complexity index is 85.3. The van der Waals surface area contributed by atoms with Gasteiger partial charge in [0.15, 0.2) is 0 Å². The van der Waals surface area contributed by atoms with Gasteiger partial charge in [0, 0.05) is 0 Å². The first-order valence-electron chi connectivity index (χ1n) is 4.36. The zero-order chi connectivity index (χ0) is 7.40. The summed E-state index contributed by atoms with van der Waals surface area (Å²) in [7, 11) is -0.125. The SMILES string of the molecule is C[Si](C)N1CCCCCC1. The van der Waals surface area contributed by atoms with Crippen molar-refractivity contribution in [1.29, 1.82) is 0 Å². The van der Waals surface area contributed by atoms with E-state index in [1.54, 1.807) is 0 Å². The first kappa shape index (κ1) is 8.28. The minimum Gasteiger partial charge on any atom is -0.325 e. The summed E-state index contributed by atoms with van der Waals surface area (Å²) in [4.78, 5) is 0. The Morgan fingerprint density at radius 3 is 1.80 bits per heavy atom. The molecule has 2 heteroatoms. The van der Waals surface area contributed by atoms with Crippen LogP contribution in [0.3, 0.4) is 0 Å². The van der Waals surface area contributed by atoms with Crippen molar-refractivity contribution in [1.82, 2.24) is 4.57 Å². The lowest BCUT2D eigenvalue weighted by Crippen LogP contribution is -2.35. The maximum atomic E-state index is 2.69. The molecule has 1 nitrogen and oxygen atoms in total. The number of hydrogen-bond donors (Lipinski definition) is 0. The molecule has 0 bridgehead atoms. The zero-order valence-electron chi connectivity index (χ0n) is 7.19. The van der Waals surface area contributed by atoms with Crippen molar-refractivity contribution in [2.24, 2.45) is 0 Å². The van der Waals surface area contributed by atoms with Crippen LogP contribution in [0.5, 0.6) is 0 Å². The molecule has 1 rings (SSSR count). The molecule has 59 valence electrons. The molecule has 10 heavy (non-hydrogen) atoms. The lowest BCUT2D eigenvalue weighted by Gasteiger charge is -2.22. The van der Waals surface area contributed by atoms with E-state index in [9.17, 15) is 0 Å². The summed E-state index contributed by atoms with van der Waals surface area (Å²) >= 11 is 0. The van der Waals surface area contributed by atoms with E-state index in [2.05, 4.69) is 17.7 Å². The van der Waals surface area contributed by atoms with Gasteiger partial charge in [-0.15, -0.1) is 0 Å². The molecule has 1 fully saturated rings. The molecule has 0 spiro atoms. The summed E-state index contributed by atoms with van der Waals surface area (Å²) < 4.78 is 2.69. The van der Waals surface area contributed by atoms with E-state index in [0.29, 0.717) is 0 Å². The predicted octanol–water partition coefficient (Wildman–Crippen LogP) is 2.11. The van der Waals surface area contributed by atoms with E-state index >= 15 is 0 Å². The molecule has 0 amide bonds. The molecule has 1 heterocycles. The van der Waals surface area contributed by atoms with E-state index in [0.717, 1.165) is 0 Å². The van der Waals surface area contributed by atoms with Gasteiger partial charge in [-0.1, -0.05) is 25.9 Å². The highest BCUT2D eigenvalue weighted by Crippen LogP contribution is 2.10. The standard InChI is InChI=1S/C8H18NSi/c1-10(2)9-7-5-3-4-6-8-9/h3-8H2,1-2H3. The van der Waals surface area contributed by atoms with Crippen molar-refractivity contribution < 1.29 is 0 Å². The van der Waals surface area contributed by atoms with Crippen LogP contribution in [0, 0.1) is 0 Å². The minimum atomic E-state index is -0.125. The fraction of sp³-hybridized carbons (Fsp3) is 1.00. The third-order valence-corrected chi connectivity index (χ3v) is 3.95. The fourth-order valence-corrected chi connectivity index (χ4v) is 2.73. The zero-order valence-corrected chi connectivity index (χ0v) is 8.19. The molecule has 0 saturated carbocycles. The van der Waals surface area contributed by atoms with Gasteiger partial charge in [0.1, 0.15) is 8.96 Å². The molecule has 0 aromatic rings. The highest BCUT2D eigenvalue weighted by Gasteiger charge is 2.12. The van der Waals surface area contributed by atoms with E-state index < -0.39 is 0 Å². The second-order valence-corrected chi connectivity index (χ2v) is 5.88. The van der Waals surface area contributed by atoms with Crippen molar-refractivity contribution in [3.8, 4) is 0 Å². The van der Waals surface area contributed by atoms with Crippen molar-refractivity contribution >= 4 is 8.96 Å². The fourth-order valence-electron chi connectivity index (χ4n) is 1.52. The van der Waals surface area contributed by atoms with Crippen LogP contribution < -0.4 is 0 Å². The lowest BCUT2D eigenvalue weighted by atomic mass is 10.2. The summed E-state index contributed by atoms with van der Waals surface area (Å²) in [6.07, 6.45) is 5.81. The second kappa shape index (κ2) is 4.14. The quantitative estimate of drug-likeness (QED) is 0.526. The third-order valence-electron chi connectivity index (χ3n) is 2.24. The van der Waals surface area contributed by atoms with Crippen LogP contribution in [0.4, 0.5) is 0 Å². The summed E-state index contributed by atoms with van der Waals surface area (Å²) in [5.41, 5.74) is 0. The minimum absolute atomic E-state index is 0.125. The molecule has 1 saturated heterocycles. The summed E-state index contributed by atoms with van der Waals surface area (Å²) in [6.45, 7) is 7.55. The molecule has 1 radical (unpaired) electrons. The van der Waals surface area contributed by atoms with Crippen molar-refractivity contribution in [3.05, 3.63) is 0 Å². The van der Waals surface area contributed by atoms with Crippen LogP contribution in [0.1, 0.15) is 25.7 Å². The highest BCUT2D eigenvalue weighted by molar-refractivity contribution is 6.52. The summed E-state index contributed by atoms with van der Waals surface area (Å²) in [5.74, 6) is 0. The molecule has 0 aliphatic carbocycles. The topological polar surface area (TPSA) is 3.24 Å². The summed E-state index contributed by atoms with van der Waals surface area (Å²) in [5, 5.41) is 0. The van der Waals surface area contributed by atoms with Crippen molar-refractivity contribution in [2.75, 3.05) is 13.1 Å². The van der Waals surface area contributed by atoms with Gasteiger partial charge < -0.3 is 4.57 Å². The second-order valence-electron chi connectivity index (χ2n) is 3.35. The molecule has 0 aromatic carbocycles. The molecule has 0 unspecified atom stereocenters. The normalized spacial score (nSPS) is 23.1. The van der Waals surface area contributed by atoms with Gasteiger partial charge in [-0.25, -0.2) is 0 Å². The van der Waals surface area contributed by atoms with Crippen LogP contribution in [0.15, 0.2) is 0 Å². The van der Waals surface area contributed by atoms with E-state index in [1.807, 2.05) is 0 Å². The van der Waals surface area contributed by atoms with Crippen molar-refractivity contribution in [2.45, 2.75) is 38.8 Å². The Balaban J connectivity index is 2.28. The van der Waals surface area contributed by atoms with Crippen LogP contribution in [-0.2, 0) is 0 Å². The maximum absolute atomic E-state index is 2.69. The molecular formula is C8H18NSi. The average molecular weight is 156 g/mol. The van der Waals surface area contributed by atoms with E-state index in [-0.39, 0.29) is 8.96 Å². The molecule has 0 N–H and O–H groups in total. The average Bonchev–Trinajstić information content (AvgIpc) is 2.12. The Morgan fingerprint density at radius 2 is 1.40 bits per heavy atom. The molecular weight excluding hydrogens is 138 g/mol. The number of rotatable bonds is 1.